The van der Waals surface area contributed by atoms with Gasteiger partial charge in [-0.3, -0.25) is 4.99 Å². The number of hydrogen-bond acceptors (Lipinski definition) is 4. The van der Waals surface area contributed by atoms with Crippen LogP contribution in [-0.4, -0.2) is 68.4 Å². The second-order valence-electron chi connectivity index (χ2n) is 6.39. The minimum absolute atomic E-state index is 0. The molecule has 154 valence electrons. The average Bonchev–Trinajstić information content (AvgIpc) is 2.67. The predicted octanol–water partition coefficient (Wildman–Crippen LogP) is 3.63. The number of halogens is 2. The number of thioether (sulfide) groups is 1. The van der Waals surface area contributed by atoms with Crippen LogP contribution in [0, 0.1) is 5.82 Å². The lowest BCUT2D eigenvalue weighted by Gasteiger charge is -2.34. The fourth-order valence-corrected chi connectivity index (χ4v) is 3.56. The molecular formula is C19H31FIN3O2S. The number of guanidine groups is 1. The van der Waals surface area contributed by atoms with E-state index in [-0.39, 0.29) is 34.5 Å². The second kappa shape index (κ2) is 12.7. The molecule has 0 amide bonds. The molecule has 0 bridgehead atoms. The zero-order chi connectivity index (χ0) is 18.8. The topological polar surface area (TPSA) is 46.1 Å². The largest absolute Gasteiger partial charge is 0.492 e. The number of rotatable bonds is 8. The fourth-order valence-electron chi connectivity index (χ4n) is 2.80. The number of benzene rings is 1. The standard InChI is InChI=1S/C19H30FN3O2S.HI/c1-4-21-18(22-15-19(26-3)9-12-24-13-10-19)23(2)11-14-25-17-7-5-16(20)6-8-17;/h5-8H,4,9-15H2,1-3H3,(H,21,22);1H. The molecule has 27 heavy (non-hydrogen) atoms. The lowest BCUT2D eigenvalue weighted by molar-refractivity contribution is 0.0793. The molecule has 0 saturated carbocycles. The first-order valence-electron chi connectivity index (χ1n) is 9.09. The maximum Gasteiger partial charge on any atom is 0.193 e. The Labute approximate surface area is 183 Å². The summed E-state index contributed by atoms with van der Waals surface area (Å²) >= 11 is 1.89. The van der Waals surface area contributed by atoms with Gasteiger partial charge in [0, 0.05) is 31.6 Å². The quantitative estimate of drug-likeness (QED) is 0.328. The van der Waals surface area contributed by atoms with E-state index in [1.165, 1.54) is 12.1 Å². The molecule has 2 rings (SSSR count). The monoisotopic (exact) mass is 511 g/mol. The van der Waals surface area contributed by atoms with E-state index in [0.717, 1.165) is 45.1 Å². The van der Waals surface area contributed by atoms with Gasteiger partial charge in [-0.15, -0.1) is 24.0 Å². The Morgan fingerprint density at radius 3 is 2.59 bits per heavy atom. The molecule has 1 heterocycles. The minimum atomic E-state index is -0.258. The molecule has 0 atom stereocenters. The summed E-state index contributed by atoms with van der Waals surface area (Å²) in [6.45, 7) is 6.49. The van der Waals surface area contributed by atoms with E-state index in [4.69, 9.17) is 14.5 Å². The van der Waals surface area contributed by atoms with E-state index in [1.54, 1.807) is 12.1 Å². The summed E-state index contributed by atoms with van der Waals surface area (Å²) in [5.41, 5.74) is 0. The number of nitrogens with zero attached hydrogens (tertiary/aromatic N) is 2. The molecule has 1 N–H and O–H groups in total. The van der Waals surface area contributed by atoms with Crippen molar-refractivity contribution in [2.24, 2.45) is 4.99 Å². The lowest BCUT2D eigenvalue weighted by Crippen LogP contribution is -2.43. The molecule has 0 unspecified atom stereocenters. The van der Waals surface area contributed by atoms with Crippen molar-refractivity contribution in [3.8, 4) is 5.75 Å². The summed E-state index contributed by atoms with van der Waals surface area (Å²) in [5.74, 6) is 1.30. The third kappa shape index (κ3) is 8.03. The highest BCUT2D eigenvalue weighted by atomic mass is 127. The summed E-state index contributed by atoms with van der Waals surface area (Å²) < 4.78 is 24.3. The van der Waals surface area contributed by atoms with E-state index in [0.29, 0.717) is 18.9 Å². The third-order valence-corrected chi connectivity index (χ3v) is 5.96. The molecule has 5 nitrogen and oxygen atoms in total. The smallest absolute Gasteiger partial charge is 0.193 e. The van der Waals surface area contributed by atoms with E-state index < -0.39 is 0 Å². The normalized spacial score (nSPS) is 16.4. The lowest BCUT2D eigenvalue weighted by atomic mass is 9.99. The van der Waals surface area contributed by atoms with Gasteiger partial charge < -0.3 is 19.7 Å². The van der Waals surface area contributed by atoms with Crippen LogP contribution in [0.2, 0.25) is 0 Å². The Morgan fingerprint density at radius 2 is 2.00 bits per heavy atom. The van der Waals surface area contributed by atoms with E-state index in [9.17, 15) is 4.39 Å². The van der Waals surface area contributed by atoms with E-state index >= 15 is 0 Å². The predicted molar refractivity (Wildman–Crippen MR) is 122 cm³/mol. The van der Waals surface area contributed by atoms with Crippen LogP contribution in [0.15, 0.2) is 29.3 Å². The van der Waals surface area contributed by atoms with Crippen molar-refractivity contribution in [3.63, 3.8) is 0 Å². The highest BCUT2D eigenvalue weighted by Gasteiger charge is 2.31. The Morgan fingerprint density at radius 1 is 1.33 bits per heavy atom. The summed E-state index contributed by atoms with van der Waals surface area (Å²) in [5, 5.41) is 3.35. The zero-order valence-corrected chi connectivity index (χ0v) is 19.5. The van der Waals surface area contributed by atoms with Crippen LogP contribution in [0.5, 0.6) is 5.75 Å². The van der Waals surface area contributed by atoms with Gasteiger partial charge in [0.2, 0.25) is 0 Å². The molecule has 1 aromatic carbocycles. The van der Waals surface area contributed by atoms with Gasteiger partial charge >= 0.3 is 0 Å². The van der Waals surface area contributed by atoms with Crippen LogP contribution in [-0.2, 0) is 4.74 Å². The van der Waals surface area contributed by atoms with Crippen molar-refractivity contribution in [2.75, 3.05) is 52.8 Å². The Balaban J connectivity index is 0.00000364. The van der Waals surface area contributed by atoms with Crippen LogP contribution in [0.25, 0.3) is 0 Å². The summed E-state index contributed by atoms with van der Waals surface area (Å²) in [6, 6.07) is 6.09. The Kier molecular flexibility index (Phi) is 11.4. The van der Waals surface area contributed by atoms with E-state index in [2.05, 4.69) is 23.4 Å². The van der Waals surface area contributed by atoms with Crippen molar-refractivity contribution in [1.29, 1.82) is 0 Å². The van der Waals surface area contributed by atoms with Gasteiger partial charge in [-0.2, -0.15) is 11.8 Å². The molecule has 1 aliphatic rings. The average molecular weight is 511 g/mol. The van der Waals surface area contributed by atoms with Gasteiger partial charge in [-0.1, -0.05) is 0 Å². The minimum Gasteiger partial charge on any atom is -0.492 e. The Hall–Kier alpha value is -0.740. The van der Waals surface area contributed by atoms with Crippen molar-refractivity contribution < 1.29 is 13.9 Å². The van der Waals surface area contributed by atoms with Gasteiger partial charge in [0.1, 0.15) is 18.2 Å². The van der Waals surface area contributed by atoms with Gasteiger partial charge in [0.25, 0.3) is 0 Å². The molecule has 8 heteroatoms. The molecule has 0 aliphatic carbocycles. The Bertz CT molecular complexity index is 569. The first-order valence-corrected chi connectivity index (χ1v) is 10.3. The van der Waals surface area contributed by atoms with Crippen molar-refractivity contribution in [3.05, 3.63) is 30.1 Å². The summed E-state index contributed by atoms with van der Waals surface area (Å²) in [4.78, 5) is 6.94. The van der Waals surface area contributed by atoms with Crippen LogP contribution in [0.4, 0.5) is 4.39 Å². The zero-order valence-electron chi connectivity index (χ0n) is 16.4. The van der Waals surface area contributed by atoms with Crippen molar-refractivity contribution >= 4 is 41.7 Å². The van der Waals surface area contributed by atoms with Crippen molar-refractivity contribution in [2.45, 2.75) is 24.5 Å². The second-order valence-corrected chi connectivity index (χ2v) is 7.67. The number of aliphatic imine (C=N–C) groups is 1. The molecule has 0 radical (unpaired) electrons. The first-order chi connectivity index (χ1) is 12.6. The summed E-state index contributed by atoms with van der Waals surface area (Å²) in [6.07, 6.45) is 4.23. The molecule has 0 aromatic heterocycles. The number of hydrogen-bond donors (Lipinski definition) is 1. The number of likely N-dealkylation sites (N-methyl/N-ethyl adjacent to an activating group) is 1. The SMILES string of the molecule is CCNC(=NCC1(SC)CCOCC1)N(C)CCOc1ccc(F)cc1.I. The molecule has 1 aliphatic heterocycles. The fraction of sp³-hybridized carbons (Fsp3) is 0.632. The first kappa shape index (κ1) is 24.3. The van der Waals surface area contributed by atoms with Crippen LogP contribution >= 0.6 is 35.7 Å². The summed E-state index contributed by atoms with van der Waals surface area (Å²) in [7, 11) is 2.01. The maximum atomic E-state index is 12.9. The highest BCUT2D eigenvalue weighted by Crippen LogP contribution is 2.34. The van der Waals surface area contributed by atoms with E-state index in [1.807, 2.05) is 18.8 Å². The molecular weight excluding hydrogens is 480 g/mol. The molecule has 1 fully saturated rings. The third-order valence-electron chi connectivity index (χ3n) is 4.56. The van der Waals surface area contributed by atoms with Crippen LogP contribution in [0.1, 0.15) is 19.8 Å². The van der Waals surface area contributed by atoms with Crippen molar-refractivity contribution in [1.82, 2.24) is 10.2 Å². The molecule has 1 aromatic rings. The van der Waals surface area contributed by atoms with Gasteiger partial charge in [0.05, 0.1) is 13.1 Å². The number of nitrogens with one attached hydrogen (secondary N) is 1. The molecule has 0 spiro atoms. The molecule has 1 saturated heterocycles. The van der Waals surface area contributed by atoms with Gasteiger partial charge in [-0.05, 0) is 50.3 Å². The van der Waals surface area contributed by atoms with Crippen LogP contribution < -0.4 is 10.1 Å². The van der Waals surface area contributed by atoms with Crippen LogP contribution in [0.3, 0.4) is 0 Å². The number of ether oxygens (including phenoxy) is 2. The highest BCUT2D eigenvalue weighted by molar-refractivity contribution is 14.0. The van der Waals surface area contributed by atoms with Gasteiger partial charge in [-0.25, -0.2) is 4.39 Å². The maximum absolute atomic E-state index is 12.9. The van der Waals surface area contributed by atoms with Gasteiger partial charge in [0.15, 0.2) is 5.96 Å².